The molecule has 3 N–H and O–H groups in total. The summed E-state index contributed by atoms with van der Waals surface area (Å²) in [7, 11) is -9.97. The Balaban J connectivity index is 5.39. The van der Waals surface area contributed by atoms with Crippen molar-refractivity contribution in [2.24, 2.45) is 0 Å². The molecule has 5 atom stereocenters. The number of aliphatic hydroxyl groups is 1. The standard InChI is InChI=1S/C83H144O17P2/c1-5-9-13-17-21-25-29-32-35-37-38-40-42-45-49-52-56-60-64-68-81(86)94-74-79(100-83(88)70-66-62-58-54-50-46-43-39-36-33-30-26-22-18-14-10-6-2)76-98-102(91,92)96-72-77(84)71-95-101(89,90)97-75-78(99-82(87)69-65-61-57-53-47-28-24-20-16-12-8-4)73-93-80(85)67-63-59-55-51-48-44-41-34-31-27-23-19-15-11-7-3/h9-10,13-14,21-22,25-26,32-33,35-36,38,40,45,49,56,60,77-79,84H,5-8,11-12,15-20,23-24,27-31,34,37,39,41-44,46-48,50-55,57-59,61-76H2,1-4H3,(H,89,90)(H,91,92)/b13-9-,14-10-,25-21-,26-22-,35-32-,36-33-,40-38-,49-45-,60-56-. The van der Waals surface area contributed by atoms with Crippen LogP contribution in [0.5, 0.6) is 0 Å². The number of carbonyl (C=O) groups is 4. The van der Waals surface area contributed by atoms with Gasteiger partial charge in [-0.15, -0.1) is 0 Å². The van der Waals surface area contributed by atoms with Crippen molar-refractivity contribution >= 4 is 39.5 Å². The predicted octanol–water partition coefficient (Wildman–Crippen LogP) is 23.3. The minimum Gasteiger partial charge on any atom is -0.462 e. The number of unbranched alkanes of at least 4 members (excludes halogenated alkanes) is 31. The molecule has 0 aromatic rings. The minimum atomic E-state index is -4.99. The summed E-state index contributed by atoms with van der Waals surface area (Å²) >= 11 is 0. The molecule has 5 unspecified atom stereocenters. The third kappa shape index (κ3) is 74.0. The van der Waals surface area contributed by atoms with E-state index in [0.29, 0.717) is 32.1 Å². The van der Waals surface area contributed by atoms with E-state index in [0.717, 1.165) is 141 Å². The van der Waals surface area contributed by atoms with Gasteiger partial charge >= 0.3 is 39.5 Å². The SMILES string of the molecule is CC/C=C\C/C=C\C/C=C\C/C=C\C/C=C\C/C=C\CCC(=O)OCC(COP(=O)(O)OCC(O)COP(=O)(O)OCC(COC(=O)CCCCCCCCCCCCCCCCC)OC(=O)CCCCCCCCCCCCC)OC(=O)CCCCCCCCC/C=C\C/C=C\C/C=C\CC. The van der Waals surface area contributed by atoms with Crippen molar-refractivity contribution in [3.05, 3.63) is 109 Å². The highest BCUT2D eigenvalue weighted by Crippen LogP contribution is 2.45. The molecule has 0 saturated heterocycles. The van der Waals surface area contributed by atoms with Gasteiger partial charge in [0.25, 0.3) is 0 Å². The van der Waals surface area contributed by atoms with E-state index in [1.54, 1.807) is 0 Å². The van der Waals surface area contributed by atoms with Gasteiger partial charge in [-0.2, -0.15) is 0 Å². The van der Waals surface area contributed by atoms with Crippen LogP contribution in [0.2, 0.25) is 0 Å². The second-order valence-electron chi connectivity index (χ2n) is 26.6. The van der Waals surface area contributed by atoms with Crippen molar-refractivity contribution < 1.29 is 80.2 Å². The molecule has 0 aliphatic carbocycles. The van der Waals surface area contributed by atoms with Gasteiger partial charge in [-0.05, 0) is 96.3 Å². The molecule has 0 bridgehead atoms. The molecule has 19 heteroatoms. The number of esters is 4. The van der Waals surface area contributed by atoms with Gasteiger partial charge in [-0.25, -0.2) is 9.13 Å². The Morgan fingerprint density at radius 3 is 0.843 bits per heavy atom. The lowest BCUT2D eigenvalue weighted by Crippen LogP contribution is -2.30. The van der Waals surface area contributed by atoms with Crippen LogP contribution in [0, 0.1) is 0 Å². The van der Waals surface area contributed by atoms with Crippen LogP contribution >= 0.6 is 15.6 Å². The lowest BCUT2D eigenvalue weighted by Gasteiger charge is -2.21. The van der Waals surface area contributed by atoms with E-state index in [1.807, 2.05) is 18.2 Å². The average molecular weight is 1480 g/mol. The number of phosphoric acid groups is 2. The monoisotopic (exact) mass is 1470 g/mol. The smallest absolute Gasteiger partial charge is 0.462 e. The summed E-state index contributed by atoms with van der Waals surface area (Å²) in [5.41, 5.74) is 0. The van der Waals surface area contributed by atoms with Crippen LogP contribution in [0.1, 0.15) is 336 Å². The highest BCUT2D eigenvalue weighted by Gasteiger charge is 2.30. The zero-order chi connectivity index (χ0) is 74.6. The van der Waals surface area contributed by atoms with Gasteiger partial charge in [0.2, 0.25) is 0 Å². The number of phosphoric ester groups is 2. The Hall–Kier alpha value is -4.28. The van der Waals surface area contributed by atoms with Crippen molar-refractivity contribution in [3.63, 3.8) is 0 Å². The number of carbonyl (C=O) groups excluding carboxylic acids is 4. The Morgan fingerprint density at radius 2 is 0.529 bits per heavy atom. The van der Waals surface area contributed by atoms with E-state index < -0.39 is 97.5 Å². The number of ether oxygens (including phenoxy) is 4. The summed E-state index contributed by atoms with van der Waals surface area (Å²) in [5, 5.41) is 10.6. The van der Waals surface area contributed by atoms with Crippen LogP contribution in [-0.2, 0) is 65.4 Å². The van der Waals surface area contributed by atoms with Gasteiger partial charge in [0, 0.05) is 25.7 Å². The van der Waals surface area contributed by atoms with E-state index in [-0.39, 0.29) is 25.7 Å². The molecule has 0 radical (unpaired) electrons. The second kappa shape index (κ2) is 75.0. The highest BCUT2D eigenvalue weighted by molar-refractivity contribution is 7.47. The third-order valence-corrected chi connectivity index (χ3v) is 18.7. The lowest BCUT2D eigenvalue weighted by atomic mass is 10.0. The van der Waals surface area contributed by atoms with Crippen LogP contribution < -0.4 is 0 Å². The molecule has 0 fully saturated rings. The minimum absolute atomic E-state index is 0.0331. The molecule has 0 rings (SSSR count). The molecule has 0 aromatic carbocycles. The molecule has 588 valence electrons. The van der Waals surface area contributed by atoms with Crippen molar-refractivity contribution in [1.29, 1.82) is 0 Å². The fourth-order valence-electron chi connectivity index (χ4n) is 10.7. The van der Waals surface area contributed by atoms with Gasteiger partial charge in [0.15, 0.2) is 12.2 Å². The fraction of sp³-hybridized carbons (Fsp3) is 0.735. The summed E-state index contributed by atoms with van der Waals surface area (Å²) < 4.78 is 68.5. The van der Waals surface area contributed by atoms with Gasteiger partial charge in [0.1, 0.15) is 19.3 Å². The first-order valence-electron chi connectivity index (χ1n) is 40.1. The van der Waals surface area contributed by atoms with E-state index in [9.17, 15) is 43.2 Å². The Bertz CT molecular complexity index is 2360. The van der Waals surface area contributed by atoms with Gasteiger partial charge in [0.05, 0.1) is 26.4 Å². The largest absolute Gasteiger partial charge is 0.472 e. The van der Waals surface area contributed by atoms with Crippen LogP contribution in [0.15, 0.2) is 109 Å². The van der Waals surface area contributed by atoms with Gasteiger partial charge < -0.3 is 33.8 Å². The number of allylic oxidation sites excluding steroid dienone is 18. The molecule has 102 heavy (non-hydrogen) atoms. The number of rotatable bonds is 75. The molecule has 0 heterocycles. The summed E-state index contributed by atoms with van der Waals surface area (Å²) in [4.78, 5) is 72.9. The normalized spacial score (nSPS) is 14.5. The first kappa shape index (κ1) is 97.7. The van der Waals surface area contributed by atoms with E-state index in [4.69, 9.17) is 37.0 Å². The van der Waals surface area contributed by atoms with E-state index >= 15 is 0 Å². The van der Waals surface area contributed by atoms with Crippen LogP contribution in [0.25, 0.3) is 0 Å². The zero-order valence-corrected chi connectivity index (χ0v) is 66.0. The number of hydrogen-bond acceptors (Lipinski definition) is 15. The molecule has 0 aromatic heterocycles. The predicted molar refractivity (Wildman–Crippen MR) is 418 cm³/mol. The maximum atomic E-state index is 13.1. The Kier molecular flexibility index (Phi) is 71.8. The topological polar surface area (TPSA) is 237 Å². The second-order valence-corrected chi connectivity index (χ2v) is 29.5. The Morgan fingerprint density at radius 1 is 0.284 bits per heavy atom. The Labute approximate surface area is 619 Å². The van der Waals surface area contributed by atoms with Crippen molar-refractivity contribution in [1.82, 2.24) is 0 Å². The molecular formula is C83H144O17P2. The molecule has 0 spiro atoms. The average Bonchev–Trinajstić information content (AvgIpc) is 0.921. The van der Waals surface area contributed by atoms with Crippen molar-refractivity contribution in [2.75, 3.05) is 39.6 Å². The summed E-state index contributed by atoms with van der Waals surface area (Å²) in [6, 6.07) is 0. The van der Waals surface area contributed by atoms with Crippen LogP contribution in [0.3, 0.4) is 0 Å². The lowest BCUT2D eigenvalue weighted by molar-refractivity contribution is -0.161. The van der Waals surface area contributed by atoms with Gasteiger partial charge in [-0.3, -0.25) is 37.3 Å². The molecule has 0 saturated carbocycles. The summed E-state index contributed by atoms with van der Waals surface area (Å²) in [5.74, 6) is -2.26. The summed E-state index contributed by atoms with van der Waals surface area (Å²) in [6.45, 7) is 4.59. The maximum absolute atomic E-state index is 13.1. The maximum Gasteiger partial charge on any atom is 0.472 e. The first-order valence-corrected chi connectivity index (χ1v) is 43.1. The number of hydrogen-bond donors (Lipinski definition) is 3. The fourth-order valence-corrected chi connectivity index (χ4v) is 12.3. The molecule has 17 nitrogen and oxygen atoms in total. The van der Waals surface area contributed by atoms with Crippen LogP contribution in [0.4, 0.5) is 0 Å². The van der Waals surface area contributed by atoms with E-state index in [2.05, 4.69) is 119 Å². The van der Waals surface area contributed by atoms with E-state index in [1.165, 1.54) is 109 Å². The quantitative estimate of drug-likeness (QED) is 0.0169. The first-order chi connectivity index (χ1) is 49.7. The summed E-state index contributed by atoms with van der Waals surface area (Å²) in [6.07, 6.45) is 80.8. The van der Waals surface area contributed by atoms with Crippen LogP contribution in [-0.4, -0.2) is 96.7 Å². The highest BCUT2D eigenvalue weighted by atomic mass is 31.2. The molecular weight excluding hydrogens is 1330 g/mol. The molecule has 0 aliphatic rings. The zero-order valence-electron chi connectivity index (χ0n) is 64.3. The number of aliphatic hydroxyl groups excluding tert-OH is 1. The third-order valence-electron chi connectivity index (χ3n) is 16.8. The molecule has 0 aliphatic heterocycles. The van der Waals surface area contributed by atoms with Crippen molar-refractivity contribution in [3.8, 4) is 0 Å². The van der Waals surface area contributed by atoms with Gasteiger partial charge in [-0.1, -0.05) is 323 Å². The van der Waals surface area contributed by atoms with Crippen molar-refractivity contribution in [2.45, 2.75) is 354 Å². The molecule has 0 amide bonds.